The highest BCUT2D eigenvalue weighted by Crippen LogP contribution is 2.22. The van der Waals surface area contributed by atoms with Gasteiger partial charge in [-0.3, -0.25) is 0 Å². The van der Waals surface area contributed by atoms with Gasteiger partial charge in [-0.1, -0.05) is 19.8 Å². The summed E-state index contributed by atoms with van der Waals surface area (Å²) < 4.78 is 5.73. The monoisotopic (exact) mass is 247 g/mol. The Bertz CT molecular complexity index is 327. The smallest absolute Gasteiger partial charge is 0.119 e. The zero-order valence-electron chi connectivity index (χ0n) is 11.5. The molecule has 0 amide bonds. The fourth-order valence-electron chi connectivity index (χ4n) is 2.45. The van der Waals surface area contributed by atoms with Crippen molar-refractivity contribution in [2.75, 3.05) is 24.6 Å². The van der Waals surface area contributed by atoms with Crippen molar-refractivity contribution >= 4 is 5.69 Å². The number of benzene rings is 1. The third kappa shape index (κ3) is 3.94. The lowest BCUT2D eigenvalue weighted by atomic mass is 10.1. The van der Waals surface area contributed by atoms with Crippen LogP contribution >= 0.6 is 0 Å². The highest BCUT2D eigenvalue weighted by Gasteiger charge is 2.10. The van der Waals surface area contributed by atoms with E-state index in [0.29, 0.717) is 0 Å². The van der Waals surface area contributed by atoms with Crippen LogP contribution in [0.5, 0.6) is 5.75 Å². The number of piperidine rings is 1. The number of unbranched alkanes of at least 4 members (excludes halogenated alkanes) is 2. The van der Waals surface area contributed by atoms with Crippen LogP contribution in [0.3, 0.4) is 0 Å². The summed E-state index contributed by atoms with van der Waals surface area (Å²) in [5.74, 6) is 1.01. The summed E-state index contributed by atoms with van der Waals surface area (Å²) in [7, 11) is 0. The Labute approximate surface area is 111 Å². The van der Waals surface area contributed by atoms with Gasteiger partial charge in [0.2, 0.25) is 0 Å². The fourth-order valence-corrected chi connectivity index (χ4v) is 2.45. The molecule has 0 unspecified atom stereocenters. The number of nitrogens with zero attached hydrogens (tertiary/aromatic N) is 1. The summed E-state index contributed by atoms with van der Waals surface area (Å²) in [5, 5.41) is 0. The van der Waals surface area contributed by atoms with Crippen molar-refractivity contribution in [3.8, 4) is 5.75 Å². The molecule has 1 saturated heterocycles. The quantitative estimate of drug-likeness (QED) is 0.697. The predicted octanol–water partition coefficient (Wildman–Crippen LogP) is 4.25. The van der Waals surface area contributed by atoms with E-state index in [2.05, 4.69) is 36.1 Å². The second kappa shape index (κ2) is 7.30. The Kier molecular flexibility index (Phi) is 5.37. The third-order valence-corrected chi connectivity index (χ3v) is 3.57. The molecule has 1 aromatic rings. The standard InChI is InChI=1S/C16H25NO/c1-2-3-7-14-18-16-10-8-15(9-11-16)17-12-5-4-6-13-17/h8-11H,2-7,12-14H2,1H3. The molecule has 2 rings (SSSR count). The van der Waals surface area contributed by atoms with Gasteiger partial charge in [0, 0.05) is 18.8 Å². The Morgan fingerprint density at radius 2 is 1.72 bits per heavy atom. The summed E-state index contributed by atoms with van der Waals surface area (Å²) in [6, 6.07) is 8.60. The Balaban J connectivity index is 1.81. The topological polar surface area (TPSA) is 12.5 Å². The Hall–Kier alpha value is -1.18. The van der Waals surface area contributed by atoms with Gasteiger partial charge in [0.15, 0.2) is 0 Å². The minimum Gasteiger partial charge on any atom is -0.494 e. The molecule has 0 N–H and O–H groups in total. The van der Waals surface area contributed by atoms with Gasteiger partial charge in [0.1, 0.15) is 5.75 Å². The predicted molar refractivity (Wildman–Crippen MR) is 77.5 cm³/mol. The lowest BCUT2D eigenvalue weighted by Crippen LogP contribution is -2.29. The van der Waals surface area contributed by atoms with Crippen LogP contribution in [-0.4, -0.2) is 19.7 Å². The van der Waals surface area contributed by atoms with Crippen LogP contribution in [0.2, 0.25) is 0 Å². The van der Waals surface area contributed by atoms with E-state index >= 15 is 0 Å². The minimum atomic E-state index is 0.844. The molecule has 0 saturated carbocycles. The van der Waals surface area contributed by atoms with Crippen LogP contribution < -0.4 is 9.64 Å². The molecule has 1 heterocycles. The van der Waals surface area contributed by atoms with Crippen LogP contribution in [0.15, 0.2) is 24.3 Å². The van der Waals surface area contributed by atoms with Crippen LogP contribution in [0.1, 0.15) is 45.4 Å². The molecule has 0 aromatic heterocycles. The third-order valence-electron chi connectivity index (χ3n) is 3.57. The number of ether oxygens (including phenoxy) is 1. The van der Waals surface area contributed by atoms with Gasteiger partial charge >= 0.3 is 0 Å². The van der Waals surface area contributed by atoms with Crippen LogP contribution in [0, 0.1) is 0 Å². The highest BCUT2D eigenvalue weighted by molar-refractivity contribution is 5.49. The van der Waals surface area contributed by atoms with Gasteiger partial charge in [-0.2, -0.15) is 0 Å². The van der Waals surface area contributed by atoms with E-state index in [0.717, 1.165) is 18.8 Å². The maximum absolute atomic E-state index is 5.73. The summed E-state index contributed by atoms with van der Waals surface area (Å²) in [4.78, 5) is 2.48. The molecule has 0 radical (unpaired) electrons. The molecule has 0 atom stereocenters. The van der Waals surface area contributed by atoms with Crippen molar-refractivity contribution in [1.29, 1.82) is 0 Å². The molecule has 18 heavy (non-hydrogen) atoms. The Morgan fingerprint density at radius 1 is 1.00 bits per heavy atom. The molecule has 0 aliphatic carbocycles. The number of anilines is 1. The second-order valence-electron chi connectivity index (χ2n) is 5.10. The minimum absolute atomic E-state index is 0.844. The van der Waals surface area contributed by atoms with Crippen LogP contribution in [0.4, 0.5) is 5.69 Å². The normalized spacial score (nSPS) is 15.7. The SMILES string of the molecule is CCCCCOc1ccc(N2CCCCC2)cc1. The first kappa shape index (κ1) is 13.3. The van der Waals surface area contributed by atoms with Crippen molar-refractivity contribution in [3.63, 3.8) is 0 Å². The van der Waals surface area contributed by atoms with Crippen molar-refractivity contribution < 1.29 is 4.74 Å². The summed E-state index contributed by atoms with van der Waals surface area (Å²) >= 11 is 0. The molecule has 1 aliphatic rings. The van der Waals surface area contributed by atoms with E-state index < -0.39 is 0 Å². The lowest BCUT2D eigenvalue weighted by Gasteiger charge is -2.28. The van der Waals surface area contributed by atoms with Crippen molar-refractivity contribution in [1.82, 2.24) is 0 Å². The average molecular weight is 247 g/mol. The molecule has 0 spiro atoms. The van der Waals surface area contributed by atoms with E-state index in [-0.39, 0.29) is 0 Å². The average Bonchev–Trinajstić information content (AvgIpc) is 2.45. The molecule has 1 aliphatic heterocycles. The van der Waals surface area contributed by atoms with E-state index in [4.69, 9.17) is 4.74 Å². The summed E-state index contributed by atoms with van der Waals surface area (Å²) in [6.45, 7) is 5.47. The summed E-state index contributed by atoms with van der Waals surface area (Å²) in [6.07, 6.45) is 7.70. The molecule has 1 aromatic carbocycles. The maximum Gasteiger partial charge on any atom is 0.119 e. The van der Waals surface area contributed by atoms with Crippen LogP contribution in [-0.2, 0) is 0 Å². The fraction of sp³-hybridized carbons (Fsp3) is 0.625. The van der Waals surface area contributed by atoms with Gasteiger partial charge in [-0.05, 0) is 49.9 Å². The first-order valence-corrected chi connectivity index (χ1v) is 7.38. The molecule has 2 heteroatoms. The molecular formula is C16H25NO. The number of hydrogen-bond acceptors (Lipinski definition) is 2. The van der Waals surface area contributed by atoms with Crippen molar-refractivity contribution in [2.45, 2.75) is 45.4 Å². The number of rotatable bonds is 6. The van der Waals surface area contributed by atoms with Crippen molar-refractivity contribution in [3.05, 3.63) is 24.3 Å². The zero-order valence-corrected chi connectivity index (χ0v) is 11.5. The highest BCUT2D eigenvalue weighted by atomic mass is 16.5. The van der Waals surface area contributed by atoms with Gasteiger partial charge < -0.3 is 9.64 Å². The molecule has 0 bridgehead atoms. The van der Waals surface area contributed by atoms with E-state index in [1.165, 1.54) is 50.9 Å². The first-order valence-electron chi connectivity index (χ1n) is 7.38. The van der Waals surface area contributed by atoms with E-state index in [1.54, 1.807) is 0 Å². The molecule has 2 nitrogen and oxygen atoms in total. The number of hydrogen-bond donors (Lipinski definition) is 0. The van der Waals surface area contributed by atoms with Gasteiger partial charge in [0.05, 0.1) is 6.61 Å². The molecule has 100 valence electrons. The zero-order chi connectivity index (χ0) is 12.6. The van der Waals surface area contributed by atoms with Gasteiger partial charge in [-0.25, -0.2) is 0 Å². The van der Waals surface area contributed by atoms with Gasteiger partial charge in [-0.15, -0.1) is 0 Å². The Morgan fingerprint density at radius 3 is 2.39 bits per heavy atom. The first-order chi connectivity index (χ1) is 8.90. The van der Waals surface area contributed by atoms with E-state index in [1.807, 2.05) is 0 Å². The molecule has 1 fully saturated rings. The van der Waals surface area contributed by atoms with Gasteiger partial charge in [0.25, 0.3) is 0 Å². The lowest BCUT2D eigenvalue weighted by molar-refractivity contribution is 0.306. The molecular weight excluding hydrogens is 222 g/mol. The second-order valence-corrected chi connectivity index (χ2v) is 5.10. The largest absolute Gasteiger partial charge is 0.494 e. The maximum atomic E-state index is 5.73. The van der Waals surface area contributed by atoms with Crippen molar-refractivity contribution in [2.24, 2.45) is 0 Å². The van der Waals surface area contributed by atoms with Crippen LogP contribution in [0.25, 0.3) is 0 Å². The van der Waals surface area contributed by atoms with E-state index in [9.17, 15) is 0 Å². The summed E-state index contributed by atoms with van der Waals surface area (Å²) in [5.41, 5.74) is 1.34.